The maximum Gasteiger partial charge on any atom is 0.315 e. The summed E-state index contributed by atoms with van der Waals surface area (Å²) in [5.74, 6) is 1.48. The zero-order valence-corrected chi connectivity index (χ0v) is 8.34. The normalized spacial score (nSPS) is 42.0. The Hall–Kier alpha value is -0.730. The van der Waals surface area contributed by atoms with Gasteiger partial charge in [0.15, 0.2) is 0 Å². The van der Waals surface area contributed by atoms with E-state index in [4.69, 9.17) is 0 Å². The summed E-state index contributed by atoms with van der Waals surface area (Å²) in [6.45, 7) is 4.38. The maximum atomic E-state index is 11.3. The summed E-state index contributed by atoms with van der Waals surface area (Å²) in [5.41, 5.74) is 0. The van der Waals surface area contributed by atoms with E-state index < -0.39 is 0 Å². The molecule has 2 aliphatic rings. The third kappa shape index (κ3) is 2.14. The lowest BCUT2D eigenvalue weighted by Crippen LogP contribution is -2.48. The van der Waals surface area contributed by atoms with Crippen molar-refractivity contribution in [1.29, 1.82) is 0 Å². The van der Waals surface area contributed by atoms with Gasteiger partial charge in [0.05, 0.1) is 0 Å². The van der Waals surface area contributed by atoms with Crippen LogP contribution in [-0.2, 0) is 0 Å². The van der Waals surface area contributed by atoms with Crippen molar-refractivity contribution in [3.8, 4) is 0 Å². The topological polar surface area (TPSA) is 41.1 Å². The van der Waals surface area contributed by atoms with Crippen LogP contribution in [0.3, 0.4) is 0 Å². The van der Waals surface area contributed by atoms with Crippen LogP contribution in [0.15, 0.2) is 0 Å². The van der Waals surface area contributed by atoms with Crippen LogP contribution in [-0.4, -0.2) is 18.1 Å². The lowest BCUT2D eigenvalue weighted by atomic mass is 9.82. The van der Waals surface area contributed by atoms with Gasteiger partial charge in [-0.3, -0.25) is 0 Å². The first-order chi connectivity index (χ1) is 6.15. The highest BCUT2D eigenvalue weighted by Gasteiger charge is 2.35. The average Bonchev–Trinajstić information content (AvgIpc) is 2.63. The van der Waals surface area contributed by atoms with Crippen molar-refractivity contribution >= 4 is 6.03 Å². The smallest absolute Gasteiger partial charge is 0.315 e. The molecule has 13 heavy (non-hydrogen) atoms. The Bertz CT molecular complexity index is 211. The van der Waals surface area contributed by atoms with Crippen molar-refractivity contribution in [2.24, 2.45) is 11.8 Å². The summed E-state index contributed by atoms with van der Waals surface area (Å²) >= 11 is 0. The molecule has 0 aromatic heterocycles. The van der Waals surface area contributed by atoms with E-state index in [1.807, 2.05) is 0 Å². The standard InChI is InChI=1S/C10H18N2O/c1-6-3-8(4-6)11-10(13)12-9-5-7(9)2/h6-9H,3-5H2,1-2H3,(H2,11,12,13). The number of amides is 2. The van der Waals surface area contributed by atoms with Crippen molar-refractivity contribution in [2.45, 2.75) is 45.2 Å². The first-order valence-corrected chi connectivity index (χ1v) is 5.22. The van der Waals surface area contributed by atoms with E-state index >= 15 is 0 Å². The van der Waals surface area contributed by atoms with Crippen LogP contribution < -0.4 is 10.6 Å². The zero-order valence-electron chi connectivity index (χ0n) is 8.34. The lowest BCUT2D eigenvalue weighted by Gasteiger charge is -2.33. The molecule has 0 heterocycles. The molecule has 0 saturated heterocycles. The molecular weight excluding hydrogens is 164 g/mol. The largest absolute Gasteiger partial charge is 0.335 e. The van der Waals surface area contributed by atoms with E-state index in [2.05, 4.69) is 24.5 Å². The molecule has 0 spiro atoms. The monoisotopic (exact) mass is 182 g/mol. The Morgan fingerprint density at radius 2 is 1.77 bits per heavy atom. The SMILES string of the molecule is CC1CC(NC(=O)NC2CC2C)C1. The third-order valence-electron chi connectivity index (χ3n) is 3.13. The predicted octanol–water partition coefficient (Wildman–Crippen LogP) is 1.49. The van der Waals surface area contributed by atoms with Crippen LogP contribution in [0.4, 0.5) is 4.79 Å². The van der Waals surface area contributed by atoms with Gasteiger partial charge in [-0.2, -0.15) is 0 Å². The quantitative estimate of drug-likeness (QED) is 0.667. The van der Waals surface area contributed by atoms with Gasteiger partial charge in [-0.25, -0.2) is 4.79 Å². The summed E-state index contributed by atoms with van der Waals surface area (Å²) in [6.07, 6.45) is 3.44. The van der Waals surface area contributed by atoms with Gasteiger partial charge in [0.1, 0.15) is 0 Å². The molecule has 3 heteroatoms. The second kappa shape index (κ2) is 3.20. The van der Waals surface area contributed by atoms with Crippen LogP contribution in [0, 0.1) is 11.8 Å². The molecule has 2 rings (SSSR count). The second-order valence-electron chi connectivity index (χ2n) is 4.71. The molecule has 2 fully saturated rings. The summed E-state index contributed by atoms with van der Waals surface area (Å²) < 4.78 is 0. The van der Waals surface area contributed by atoms with Gasteiger partial charge in [0.2, 0.25) is 0 Å². The molecule has 2 unspecified atom stereocenters. The Balaban J connectivity index is 1.62. The fourth-order valence-corrected chi connectivity index (χ4v) is 1.94. The van der Waals surface area contributed by atoms with Crippen LogP contribution in [0.25, 0.3) is 0 Å². The summed E-state index contributed by atoms with van der Waals surface area (Å²) in [4.78, 5) is 11.3. The maximum absolute atomic E-state index is 11.3. The minimum absolute atomic E-state index is 0.0336. The molecule has 74 valence electrons. The molecule has 2 amide bonds. The van der Waals surface area contributed by atoms with E-state index in [-0.39, 0.29) is 6.03 Å². The lowest BCUT2D eigenvalue weighted by molar-refractivity contribution is 0.209. The van der Waals surface area contributed by atoms with Crippen LogP contribution in [0.2, 0.25) is 0 Å². The Morgan fingerprint density at radius 1 is 1.15 bits per heavy atom. The fraction of sp³-hybridized carbons (Fsp3) is 0.900. The van der Waals surface area contributed by atoms with Gasteiger partial charge in [0, 0.05) is 12.1 Å². The van der Waals surface area contributed by atoms with Gasteiger partial charge < -0.3 is 10.6 Å². The molecule has 0 aromatic rings. The van der Waals surface area contributed by atoms with Crippen LogP contribution in [0.5, 0.6) is 0 Å². The third-order valence-corrected chi connectivity index (χ3v) is 3.13. The molecular formula is C10H18N2O. The summed E-state index contributed by atoms with van der Waals surface area (Å²) in [7, 11) is 0. The molecule has 0 radical (unpaired) electrons. The Morgan fingerprint density at radius 3 is 2.23 bits per heavy atom. The molecule has 2 N–H and O–H groups in total. The van der Waals surface area contributed by atoms with Gasteiger partial charge in [-0.15, -0.1) is 0 Å². The van der Waals surface area contributed by atoms with Gasteiger partial charge in [0.25, 0.3) is 0 Å². The molecule has 0 aliphatic heterocycles. The zero-order chi connectivity index (χ0) is 9.42. The van der Waals surface area contributed by atoms with E-state index in [0.717, 1.165) is 25.2 Å². The Labute approximate surface area is 79.3 Å². The molecule has 0 bridgehead atoms. The average molecular weight is 182 g/mol. The Kier molecular flexibility index (Phi) is 2.18. The van der Waals surface area contributed by atoms with Crippen LogP contribution in [0.1, 0.15) is 33.1 Å². The van der Waals surface area contributed by atoms with E-state index in [0.29, 0.717) is 18.0 Å². The number of rotatable bonds is 2. The molecule has 3 nitrogen and oxygen atoms in total. The van der Waals surface area contributed by atoms with Crippen molar-refractivity contribution in [3.05, 3.63) is 0 Å². The minimum Gasteiger partial charge on any atom is -0.335 e. The molecule has 0 aromatic carbocycles. The summed E-state index contributed by atoms with van der Waals surface area (Å²) in [5, 5.41) is 5.96. The fourth-order valence-electron chi connectivity index (χ4n) is 1.94. The van der Waals surface area contributed by atoms with Gasteiger partial charge in [-0.05, 0) is 31.1 Å². The number of nitrogens with one attached hydrogen (secondary N) is 2. The molecule has 2 atom stereocenters. The van der Waals surface area contributed by atoms with E-state index in [1.54, 1.807) is 0 Å². The summed E-state index contributed by atoms with van der Waals surface area (Å²) in [6, 6.07) is 0.910. The van der Waals surface area contributed by atoms with Crippen molar-refractivity contribution in [2.75, 3.05) is 0 Å². The molecule has 2 aliphatic carbocycles. The van der Waals surface area contributed by atoms with Crippen molar-refractivity contribution in [3.63, 3.8) is 0 Å². The second-order valence-corrected chi connectivity index (χ2v) is 4.71. The number of carbonyl (C=O) groups is 1. The molecule has 2 saturated carbocycles. The number of hydrogen-bond acceptors (Lipinski definition) is 1. The number of urea groups is 1. The predicted molar refractivity (Wildman–Crippen MR) is 51.4 cm³/mol. The van der Waals surface area contributed by atoms with Crippen molar-refractivity contribution in [1.82, 2.24) is 10.6 Å². The highest BCUT2D eigenvalue weighted by Crippen LogP contribution is 2.29. The first kappa shape index (κ1) is 8.85. The van der Waals surface area contributed by atoms with Gasteiger partial charge >= 0.3 is 6.03 Å². The van der Waals surface area contributed by atoms with Crippen LogP contribution >= 0.6 is 0 Å². The highest BCUT2D eigenvalue weighted by atomic mass is 16.2. The van der Waals surface area contributed by atoms with E-state index in [9.17, 15) is 4.79 Å². The number of hydrogen-bond donors (Lipinski definition) is 2. The number of carbonyl (C=O) groups excluding carboxylic acids is 1. The van der Waals surface area contributed by atoms with Crippen molar-refractivity contribution < 1.29 is 4.79 Å². The highest BCUT2D eigenvalue weighted by molar-refractivity contribution is 5.75. The first-order valence-electron chi connectivity index (χ1n) is 5.22. The minimum atomic E-state index is 0.0336. The van der Waals surface area contributed by atoms with Gasteiger partial charge in [-0.1, -0.05) is 13.8 Å². The van der Waals surface area contributed by atoms with E-state index in [1.165, 1.54) is 0 Å².